The molecule has 1 atom stereocenters. The molecule has 0 heterocycles. The van der Waals surface area contributed by atoms with Crippen molar-refractivity contribution < 1.29 is 14.3 Å². The minimum absolute atomic E-state index is 0.345. The average Bonchev–Trinajstić information content (AvgIpc) is 2.83. The van der Waals surface area contributed by atoms with Crippen molar-refractivity contribution in [3.8, 4) is 11.5 Å². The van der Waals surface area contributed by atoms with E-state index in [2.05, 4.69) is 38.6 Å². The van der Waals surface area contributed by atoms with Crippen LogP contribution >= 0.6 is 0 Å². The molecule has 1 aliphatic carbocycles. The first-order valence-electron chi connectivity index (χ1n) is 12.2. The molecule has 1 unspecified atom stereocenters. The van der Waals surface area contributed by atoms with Gasteiger partial charge in [-0.15, -0.1) is 6.58 Å². The van der Waals surface area contributed by atoms with Gasteiger partial charge in [-0.05, 0) is 91.8 Å². The summed E-state index contributed by atoms with van der Waals surface area (Å²) >= 11 is 0. The summed E-state index contributed by atoms with van der Waals surface area (Å²) in [5, 5.41) is 0. The summed E-state index contributed by atoms with van der Waals surface area (Å²) in [6.45, 7) is 8.87. The first-order valence-corrected chi connectivity index (χ1v) is 12.2. The van der Waals surface area contributed by atoms with Gasteiger partial charge in [-0.3, -0.25) is 0 Å². The maximum absolute atomic E-state index is 12.5. The summed E-state index contributed by atoms with van der Waals surface area (Å²) in [6, 6.07) is 15.1. The third kappa shape index (κ3) is 7.55. The van der Waals surface area contributed by atoms with Gasteiger partial charge < -0.3 is 9.47 Å². The molecule has 3 nitrogen and oxygen atoms in total. The fraction of sp³-hybridized carbons (Fsp3) is 0.483. The van der Waals surface area contributed by atoms with Gasteiger partial charge in [0.2, 0.25) is 0 Å². The van der Waals surface area contributed by atoms with Crippen LogP contribution in [0.5, 0.6) is 11.5 Å². The van der Waals surface area contributed by atoms with Gasteiger partial charge in [0.25, 0.3) is 0 Å². The molecular weight excluding hydrogens is 396 g/mol. The zero-order chi connectivity index (χ0) is 22.8. The highest BCUT2D eigenvalue weighted by molar-refractivity contribution is 5.91. The summed E-state index contributed by atoms with van der Waals surface area (Å²) < 4.78 is 11.3. The molecule has 1 aliphatic rings. The minimum Gasteiger partial charge on any atom is -0.493 e. The Balaban J connectivity index is 1.43. The van der Waals surface area contributed by atoms with Gasteiger partial charge in [0.15, 0.2) is 0 Å². The maximum Gasteiger partial charge on any atom is 0.343 e. The monoisotopic (exact) mass is 434 g/mol. The number of ether oxygens (including phenoxy) is 2. The molecule has 0 saturated heterocycles. The van der Waals surface area contributed by atoms with E-state index in [9.17, 15) is 4.79 Å². The standard InChI is InChI=1S/C29H38O3/c1-4-6-23-7-9-24(10-8-23)11-12-25-13-17-28(18-14-25)32-29(30)26-15-19-27(20-16-26)31-21-22(3)5-2/h4,13-20,22-24H,1,5-12,21H2,2-3H3. The highest BCUT2D eigenvalue weighted by atomic mass is 16.5. The number of aryl methyl sites for hydroxylation is 1. The maximum atomic E-state index is 12.5. The van der Waals surface area contributed by atoms with Gasteiger partial charge in [-0.1, -0.05) is 51.3 Å². The molecule has 1 saturated carbocycles. The molecule has 0 bridgehead atoms. The van der Waals surface area contributed by atoms with Crippen LogP contribution in [0.15, 0.2) is 61.2 Å². The molecule has 0 N–H and O–H groups in total. The van der Waals surface area contributed by atoms with Crippen molar-refractivity contribution in [3.63, 3.8) is 0 Å². The van der Waals surface area contributed by atoms with Crippen LogP contribution in [-0.2, 0) is 6.42 Å². The normalized spacial score (nSPS) is 19.2. The van der Waals surface area contributed by atoms with Gasteiger partial charge in [0.1, 0.15) is 11.5 Å². The van der Waals surface area contributed by atoms with Gasteiger partial charge in [-0.25, -0.2) is 4.79 Å². The Hall–Kier alpha value is -2.55. The molecule has 0 spiro atoms. The van der Waals surface area contributed by atoms with Crippen LogP contribution in [0.25, 0.3) is 0 Å². The van der Waals surface area contributed by atoms with Crippen molar-refractivity contribution in [2.45, 2.75) is 65.2 Å². The van der Waals surface area contributed by atoms with Gasteiger partial charge in [0.05, 0.1) is 12.2 Å². The molecule has 3 heteroatoms. The van der Waals surface area contributed by atoms with Crippen LogP contribution in [0.2, 0.25) is 0 Å². The Bertz CT molecular complexity index is 830. The fourth-order valence-corrected chi connectivity index (χ4v) is 4.30. The van der Waals surface area contributed by atoms with E-state index in [0.29, 0.717) is 23.8 Å². The summed E-state index contributed by atoms with van der Waals surface area (Å²) in [7, 11) is 0. The lowest BCUT2D eigenvalue weighted by Crippen LogP contribution is -2.14. The van der Waals surface area contributed by atoms with E-state index in [-0.39, 0.29) is 5.97 Å². The molecule has 172 valence electrons. The number of carbonyl (C=O) groups is 1. The number of esters is 1. The first-order chi connectivity index (χ1) is 15.6. The van der Waals surface area contributed by atoms with Crippen molar-refractivity contribution in [2.75, 3.05) is 6.61 Å². The second-order valence-corrected chi connectivity index (χ2v) is 9.33. The Labute approximate surface area is 193 Å². The number of carbonyl (C=O) groups excluding carboxylic acids is 1. The number of hydrogen-bond acceptors (Lipinski definition) is 3. The second-order valence-electron chi connectivity index (χ2n) is 9.33. The highest BCUT2D eigenvalue weighted by Crippen LogP contribution is 2.33. The van der Waals surface area contributed by atoms with Crippen molar-refractivity contribution in [2.24, 2.45) is 17.8 Å². The zero-order valence-electron chi connectivity index (χ0n) is 19.7. The molecule has 3 rings (SSSR count). The van der Waals surface area contributed by atoms with E-state index in [1.807, 2.05) is 24.3 Å². The molecule has 0 radical (unpaired) electrons. The van der Waals surface area contributed by atoms with Crippen molar-refractivity contribution >= 4 is 5.97 Å². The first kappa shape index (κ1) is 24.1. The lowest BCUT2D eigenvalue weighted by molar-refractivity contribution is 0.0734. The SMILES string of the molecule is C=CCC1CCC(CCc2ccc(OC(=O)c3ccc(OCC(C)CC)cc3)cc2)CC1. The predicted molar refractivity (Wildman–Crippen MR) is 131 cm³/mol. The lowest BCUT2D eigenvalue weighted by Gasteiger charge is -2.27. The smallest absolute Gasteiger partial charge is 0.343 e. The molecule has 0 aliphatic heterocycles. The molecule has 1 fully saturated rings. The Morgan fingerprint density at radius 1 is 1.00 bits per heavy atom. The minimum atomic E-state index is -0.345. The van der Waals surface area contributed by atoms with Gasteiger partial charge >= 0.3 is 5.97 Å². The number of benzene rings is 2. The van der Waals surface area contributed by atoms with Crippen molar-refractivity contribution in [3.05, 3.63) is 72.3 Å². The molecule has 0 aromatic heterocycles. The van der Waals surface area contributed by atoms with Crippen LogP contribution in [0.1, 0.15) is 74.7 Å². The van der Waals surface area contributed by atoms with E-state index in [1.165, 1.54) is 44.1 Å². The Morgan fingerprint density at radius 2 is 1.62 bits per heavy atom. The topological polar surface area (TPSA) is 35.5 Å². The fourth-order valence-electron chi connectivity index (χ4n) is 4.30. The van der Waals surface area contributed by atoms with E-state index < -0.39 is 0 Å². The van der Waals surface area contributed by atoms with E-state index >= 15 is 0 Å². The number of hydrogen-bond donors (Lipinski definition) is 0. The van der Waals surface area contributed by atoms with Crippen LogP contribution in [0, 0.1) is 17.8 Å². The lowest BCUT2D eigenvalue weighted by atomic mass is 9.78. The van der Waals surface area contributed by atoms with E-state index in [1.54, 1.807) is 12.1 Å². The van der Waals surface area contributed by atoms with Gasteiger partial charge in [0, 0.05) is 0 Å². The highest BCUT2D eigenvalue weighted by Gasteiger charge is 2.20. The van der Waals surface area contributed by atoms with E-state index in [0.717, 1.165) is 30.4 Å². The summed E-state index contributed by atoms with van der Waals surface area (Å²) in [4.78, 5) is 12.5. The molecule has 0 amide bonds. The van der Waals surface area contributed by atoms with Crippen LogP contribution in [-0.4, -0.2) is 12.6 Å². The number of rotatable bonds is 11. The molecular formula is C29H38O3. The van der Waals surface area contributed by atoms with E-state index in [4.69, 9.17) is 9.47 Å². The zero-order valence-corrected chi connectivity index (χ0v) is 19.7. The Morgan fingerprint density at radius 3 is 2.25 bits per heavy atom. The Kier molecular flexibility index (Phi) is 9.40. The largest absolute Gasteiger partial charge is 0.493 e. The third-order valence-electron chi connectivity index (χ3n) is 6.76. The number of allylic oxidation sites excluding steroid dienone is 1. The van der Waals surface area contributed by atoms with Crippen LogP contribution in [0.3, 0.4) is 0 Å². The second kappa shape index (κ2) is 12.5. The summed E-state index contributed by atoms with van der Waals surface area (Å²) in [6.07, 6.45) is 12.0. The average molecular weight is 435 g/mol. The van der Waals surface area contributed by atoms with Crippen LogP contribution < -0.4 is 9.47 Å². The molecule has 32 heavy (non-hydrogen) atoms. The van der Waals surface area contributed by atoms with Gasteiger partial charge in [-0.2, -0.15) is 0 Å². The quantitative estimate of drug-likeness (QED) is 0.207. The van der Waals surface area contributed by atoms with Crippen molar-refractivity contribution in [1.29, 1.82) is 0 Å². The van der Waals surface area contributed by atoms with Crippen LogP contribution in [0.4, 0.5) is 0 Å². The summed E-state index contributed by atoms with van der Waals surface area (Å²) in [5.74, 6) is 3.22. The third-order valence-corrected chi connectivity index (χ3v) is 6.76. The van der Waals surface area contributed by atoms with Crippen molar-refractivity contribution in [1.82, 2.24) is 0 Å². The predicted octanol–water partition coefficient (Wildman–Crippen LogP) is 7.65. The summed E-state index contributed by atoms with van der Waals surface area (Å²) in [5.41, 5.74) is 1.83. The molecule has 2 aromatic rings. The molecule has 2 aromatic carbocycles.